The minimum absolute atomic E-state index is 0.421. The van der Waals surface area contributed by atoms with Crippen LogP contribution in [0.1, 0.15) is 5.56 Å². The average Bonchev–Trinajstić information content (AvgIpc) is 2.40. The maximum absolute atomic E-state index is 10.2. The van der Waals surface area contributed by atoms with Crippen molar-refractivity contribution in [1.29, 1.82) is 0 Å². The van der Waals surface area contributed by atoms with Gasteiger partial charge in [0.15, 0.2) is 4.90 Å². The lowest BCUT2D eigenvalue weighted by Gasteiger charge is -2.05. The van der Waals surface area contributed by atoms with E-state index >= 15 is 0 Å². The van der Waals surface area contributed by atoms with Crippen molar-refractivity contribution in [3.8, 4) is 0 Å². The van der Waals surface area contributed by atoms with Crippen molar-refractivity contribution in [3.63, 3.8) is 0 Å². The molecule has 0 bridgehead atoms. The van der Waals surface area contributed by atoms with Crippen LogP contribution in [0.5, 0.6) is 0 Å². The second-order valence-corrected chi connectivity index (χ2v) is 7.83. The smallest absolute Gasteiger partial charge is 0.154 e. The van der Waals surface area contributed by atoms with Gasteiger partial charge in [0.05, 0.1) is 15.9 Å². The van der Waals surface area contributed by atoms with Gasteiger partial charge in [-0.25, -0.2) is 8.42 Å². The van der Waals surface area contributed by atoms with Crippen molar-refractivity contribution in [2.75, 3.05) is 12.5 Å². The molecule has 2 aromatic rings. The summed E-state index contributed by atoms with van der Waals surface area (Å²) in [6, 6.07) is 18.9. The van der Waals surface area contributed by atoms with Crippen LogP contribution in [0.15, 0.2) is 65.6 Å². The molecule has 5 heteroatoms. The molecule has 0 aliphatic heterocycles. The molecule has 0 spiro atoms. The fourth-order valence-corrected chi connectivity index (χ4v) is 2.77. The Morgan fingerprint density at radius 3 is 1.70 bits per heavy atom. The Bertz CT molecular complexity index is 594. The molecule has 0 radical (unpaired) electrons. The molecule has 0 aliphatic rings. The highest BCUT2D eigenvalue weighted by Crippen LogP contribution is 2.06. The van der Waals surface area contributed by atoms with Gasteiger partial charge in [0.1, 0.15) is 12.5 Å². The van der Waals surface area contributed by atoms with Gasteiger partial charge in [-0.1, -0.05) is 48.5 Å². The van der Waals surface area contributed by atoms with E-state index in [4.69, 9.17) is 0 Å². The number of hydrogen-bond donors (Lipinski definition) is 0. The molecule has 0 aromatic heterocycles. The van der Waals surface area contributed by atoms with Crippen LogP contribution in [-0.2, 0) is 26.8 Å². The number of hydrogen-bond acceptors (Lipinski definition) is 3. The molecule has 2 rings (SSSR count). The topological polar surface area (TPSA) is 57.2 Å². The maximum atomic E-state index is 10.2. The van der Waals surface area contributed by atoms with Crippen LogP contribution >= 0.6 is 0 Å². The molecule has 0 unspecified atom stereocenters. The molecule has 0 amide bonds. The first-order valence-corrected chi connectivity index (χ1v) is 9.60. The predicted octanol–water partition coefficient (Wildman–Crippen LogP) is 2.66. The minimum Gasteiger partial charge on any atom is -0.748 e. The van der Waals surface area contributed by atoms with Crippen molar-refractivity contribution >= 4 is 21.0 Å². The molecule has 108 valence electrons. The van der Waals surface area contributed by atoms with E-state index in [-0.39, 0.29) is 0 Å². The van der Waals surface area contributed by atoms with Crippen molar-refractivity contribution in [2.24, 2.45) is 0 Å². The molecular formula is C15H18O3S2. The summed E-state index contributed by atoms with van der Waals surface area (Å²) in [7, 11) is -3.71. The van der Waals surface area contributed by atoms with Gasteiger partial charge in [-0.15, -0.1) is 0 Å². The lowest BCUT2D eigenvalue weighted by atomic mass is 10.2. The second-order valence-electron chi connectivity index (χ2n) is 4.32. The van der Waals surface area contributed by atoms with Gasteiger partial charge in [0.2, 0.25) is 0 Å². The number of rotatable bonds is 3. The molecule has 0 aliphatic carbocycles. The molecule has 0 atom stereocenters. The van der Waals surface area contributed by atoms with E-state index in [1.807, 2.05) is 0 Å². The fraction of sp³-hybridized carbons (Fsp3) is 0.200. The fourth-order valence-electron chi connectivity index (χ4n) is 1.47. The first kappa shape index (κ1) is 16.8. The molecule has 0 N–H and O–H groups in total. The van der Waals surface area contributed by atoms with E-state index in [1.165, 1.54) is 4.90 Å². The molecule has 20 heavy (non-hydrogen) atoms. The van der Waals surface area contributed by atoms with Gasteiger partial charge in [0, 0.05) is 10.9 Å². The van der Waals surface area contributed by atoms with Gasteiger partial charge in [-0.3, -0.25) is 0 Å². The summed E-state index contributed by atoms with van der Waals surface area (Å²) in [4.78, 5) is 1.44. The SMILES string of the molecule is C[S+](C)c1ccccc1.O=S(=O)([O-])Cc1ccccc1. The Hall–Kier alpha value is -1.30. The van der Waals surface area contributed by atoms with Crippen molar-refractivity contribution in [1.82, 2.24) is 0 Å². The van der Waals surface area contributed by atoms with Crippen LogP contribution in [0.2, 0.25) is 0 Å². The Balaban J connectivity index is 0.000000204. The van der Waals surface area contributed by atoms with E-state index in [2.05, 4.69) is 42.8 Å². The van der Waals surface area contributed by atoms with Crippen LogP contribution < -0.4 is 0 Å². The molecule has 0 fully saturated rings. The standard InChI is InChI=1S/C8H11S.C7H8O3S/c1-9(2)8-6-4-3-5-7-8;8-11(9,10)6-7-4-2-1-3-5-7/h3-7H,1-2H3;1-5H,6H2,(H,8,9,10)/q+1;/p-1. The molecule has 0 heterocycles. The monoisotopic (exact) mass is 310 g/mol. The highest BCUT2D eigenvalue weighted by atomic mass is 32.2. The molecule has 2 aromatic carbocycles. The third-order valence-corrected chi connectivity index (χ3v) is 4.30. The molecular weight excluding hydrogens is 292 g/mol. The summed E-state index contributed by atoms with van der Waals surface area (Å²) >= 11 is 0. The third-order valence-electron chi connectivity index (χ3n) is 2.40. The minimum atomic E-state index is -4.13. The lowest BCUT2D eigenvalue weighted by molar-refractivity contribution is 0.462. The van der Waals surface area contributed by atoms with E-state index in [9.17, 15) is 13.0 Å². The zero-order valence-electron chi connectivity index (χ0n) is 11.5. The van der Waals surface area contributed by atoms with E-state index < -0.39 is 15.9 Å². The predicted molar refractivity (Wildman–Crippen MR) is 83.8 cm³/mol. The largest absolute Gasteiger partial charge is 0.748 e. The Kier molecular flexibility index (Phi) is 6.78. The van der Waals surface area contributed by atoms with E-state index in [0.29, 0.717) is 16.5 Å². The van der Waals surface area contributed by atoms with Crippen molar-refractivity contribution in [3.05, 3.63) is 66.2 Å². The summed E-state index contributed by atoms with van der Waals surface area (Å²) in [5.74, 6) is -0.423. The van der Waals surface area contributed by atoms with E-state index in [0.717, 1.165) is 0 Å². The van der Waals surface area contributed by atoms with Gasteiger partial charge in [-0.05, 0) is 17.7 Å². The Morgan fingerprint density at radius 1 is 0.900 bits per heavy atom. The van der Waals surface area contributed by atoms with Gasteiger partial charge >= 0.3 is 0 Å². The van der Waals surface area contributed by atoms with E-state index in [1.54, 1.807) is 30.3 Å². The summed E-state index contributed by atoms with van der Waals surface area (Å²) in [6.45, 7) is 0. The molecule has 0 saturated heterocycles. The summed E-state index contributed by atoms with van der Waals surface area (Å²) < 4.78 is 30.7. The maximum Gasteiger partial charge on any atom is 0.154 e. The molecule has 0 saturated carbocycles. The van der Waals surface area contributed by atoms with Gasteiger partial charge in [0.25, 0.3) is 0 Å². The second kappa shape index (κ2) is 8.09. The Morgan fingerprint density at radius 2 is 1.35 bits per heavy atom. The zero-order valence-corrected chi connectivity index (χ0v) is 13.2. The highest BCUT2D eigenvalue weighted by Gasteiger charge is 2.03. The normalized spacial score (nSPS) is 10.8. The van der Waals surface area contributed by atoms with Crippen LogP contribution in [0.25, 0.3) is 0 Å². The quantitative estimate of drug-likeness (QED) is 0.647. The first-order valence-electron chi connectivity index (χ1n) is 5.98. The summed E-state index contributed by atoms with van der Waals surface area (Å²) in [6.07, 6.45) is 4.46. The lowest BCUT2D eigenvalue weighted by Crippen LogP contribution is -2.01. The zero-order chi connectivity index (χ0) is 15.0. The first-order chi connectivity index (χ1) is 9.38. The third kappa shape index (κ3) is 7.33. The van der Waals surface area contributed by atoms with Gasteiger partial charge in [-0.2, -0.15) is 0 Å². The van der Waals surface area contributed by atoms with Crippen LogP contribution in [0.3, 0.4) is 0 Å². The van der Waals surface area contributed by atoms with Crippen LogP contribution in [0.4, 0.5) is 0 Å². The van der Waals surface area contributed by atoms with Crippen molar-refractivity contribution < 1.29 is 13.0 Å². The van der Waals surface area contributed by atoms with Crippen molar-refractivity contribution in [2.45, 2.75) is 10.6 Å². The highest BCUT2D eigenvalue weighted by molar-refractivity contribution is 7.95. The Labute approximate surface area is 123 Å². The van der Waals surface area contributed by atoms with Crippen LogP contribution in [-0.4, -0.2) is 25.5 Å². The average molecular weight is 310 g/mol. The summed E-state index contributed by atoms with van der Waals surface area (Å²) in [5.41, 5.74) is 0.530. The van der Waals surface area contributed by atoms with Crippen LogP contribution in [0, 0.1) is 0 Å². The van der Waals surface area contributed by atoms with Gasteiger partial charge < -0.3 is 4.55 Å². The number of benzene rings is 2. The molecule has 3 nitrogen and oxygen atoms in total. The summed E-state index contributed by atoms with van der Waals surface area (Å²) in [5, 5.41) is 0.